The number of aryl methyl sites for hydroxylation is 2. The van der Waals surface area contributed by atoms with E-state index in [0.717, 1.165) is 23.7 Å². The molecule has 0 aliphatic heterocycles. The maximum atomic E-state index is 5.58. The molecule has 3 nitrogen and oxygen atoms in total. The van der Waals surface area contributed by atoms with E-state index in [1.165, 1.54) is 5.56 Å². The number of hydrogen-bond acceptors (Lipinski definition) is 3. The minimum absolute atomic E-state index is 0.240. The summed E-state index contributed by atoms with van der Waals surface area (Å²) < 4.78 is 11.1. The highest BCUT2D eigenvalue weighted by Gasteiger charge is 2.18. The summed E-state index contributed by atoms with van der Waals surface area (Å²) >= 11 is 0. The summed E-state index contributed by atoms with van der Waals surface area (Å²) in [6, 6.07) is 6.53. The van der Waals surface area contributed by atoms with E-state index in [-0.39, 0.29) is 12.1 Å². The Morgan fingerprint density at radius 1 is 1.33 bits per heavy atom. The number of rotatable bonds is 5. The summed E-state index contributed by atoms with van der Waals surface area (Å²) in [6.45, 7) is 8.30. The molecule has 2 heterocycles. The van der Waals surface area contributed by atoms with E-state index in [1.54, 1.807) is 6.26 Å². The molecular formula is C15H21NO2. The van der Waals surface area contributed by atoms with Crippen LogP contribution in [0.25, 0.3) is 0 Å². The Hall–Kier alpha value is -1.48. The van der Waals surface area contributed by atoms with Crippen LogP contribution < -0.4 is 5.32 Å². The van der Waals surface area contributed by atoms with E-state index < -0.39 is 0 Å². The molecule has 0 amide bonds. The molecule has 1 N–H and O–H groups in total. The van der Waals surface area contributed by atoms with Crippen molar-refractivity contribution in [2.24, 2.45) is 0 Å². The van der Waals surface area contributed by atoms with E-state index in [1.807, 2.05) is 26.0 Å². The molecule has 0 bridgehead atoms. The lowest BCUT2D eigenvalue weighted by molar-refractivity contribution is 0.374. The first-order valence-corrected chi connectivity index (χ1v) is 6.48. The van der Waals surface area contributed by atoms with Gasteiger partial charge in [0.25, 0.3) is 0 Å². The monoisotopic (exact) mass is 247 g/mol. The minimum atomic E-state index is 0.240. The Morgan fingerprint density at radius 2 is 2.11 bits per heavy atom. The highest BCUT2D eigenvalue weighted by atomic mass is 16.3. The first-order valence-electron chi connectivity index (χ1n) is 6.48. The third-order valence-electron chi connectivity index (χ3n) is 3.29. The molecular weight excluding hydrogens is 226 g/mol. The molecule has 3 heteroatoms. The molecule has 98 valence electrons. The maximum Gasteiger partial charge on any atom is 0.120 e. The van der Waals surface area contributed by atoms with Gasteiger partial charge >= 0.3 is 0 Å². The second-order valence-corrected chi connectivity index (χ2v) is 4.73. The molecule has 2 unspecified atom stereocenters. The molecule has 0 radical (unpaired) electrons. The third-order valence-corrected chi connectivity index (χ3v) is 3.29. The minimum Gasteiger partial charge on any atom is -0.468 e. The molecule has 0 fully saturated rings. The topological polar surface area (TPSA) is 38.3 Å². The summed E-state index contributed by atoms with van der Waals surface area (Å²) in [5.74, 6) is 2.94. The zero-order chi connectivity index (χ0) is 13.1. The molecule has 2 aromatic heterocycles. The van der Waals surface area contributed by atoms with Crippen LogP contribution in [0.2, 0.25) is 0 Å². The van der Waals surface area contributed by atoms with Crippen molar-refractivity contribution < 1.29 is 8.83 Å². The van der Waals surface area contributed by atoms with Crippen molar-refractivity contribution in [3.63, 3.8) is 0 Å². The van der Waals surface area contributed by atoms with E-state index in [4.69, 9.17) is 8.83 Å². The highest BCUT2D eigenvalue weighted by Crippen LogP contribution is 2.26. The van der Waals surface area contributed by atoms with Crippen LogP contribution >= 0.6 is 0 Å². The summed E-state index contributed by atoms with van der Waals surface area (Å²) in [5.41, 5.74) is 1.22. The van der Waals surface area contributed by atoms with E-state index in [2.05, 4.69) is 25.2 Å². The standard InChI is InChI=1S/C15H21NO2/c1-5-14(15-7-6-8-17-15)16-11(3)13-9-10(2)18-12(13)4/h6-9,11,14,16H,5H2,1-4H3. The summed E-state index contributed by atoms with van der Waals surface area (Å²) in [6.07, 6.45) is 2.71. The predicted molar refractivity (Wildman–Crippen MR) is 71.5 cm³/mol. The van der Waals surface area contributed by atoms with Crippen LogP contribution in [0.3, 0.4) is 0 Å². The van der Waals surface area contributed by atoms with Crippen LogP contribution in [0.5, 0.6) is 0 Å². The van der Waals surface area contributed by atoms with Gasteiger partial charge in [-0.2, -0.15) is 0 Å². The van der Waals surface area contributed by atoms with Crippen LogP contribution in [0, 0.1) is 13.8 Å². The smallest absolute Gasteiger partial charge is 0.120 e. The molecule has 2 atom stereocenters. The van der Waals surface area contributed by atoms with Gasteiger partial charge in [-0.3, -0.25) is 0 Å². The lowest BCUT2D eigenvalue weighted by Gasteiger charge is -2.20. The van der Waals surface area contributed by atoms with Crippen LogP contribution in [0.1, 0.15) is 55.2 Å². The van der Waals surface area contributed by atoms with Gasteiger partial charge in [-0.25, -0.2) is 0 Å². The lowest BCUT2D eigenvalue weighted by atomic mass is 10.1. The Bertz CT molecular complexity index is 485. The molecule has 2 aromatic rings. The van der Waals surface area contributed by atoms with Crippen molar-refractivity contribution in [1.29, 1.82) is 0 Å². The van der Waals surface area contributed by atoms with Crippen LogP contribution in [0.15, 0.2) is 33.3 Å². The van der Waals surface area contributed by atoms with E-state index in [0.29, 0.717) is 0 Å². The summed E-state index contributed by atoms with van der Waals surface area (Å²) in [5, 5.41) is 3.59. The van der Waals surface area contributed by atoms with Crippen LogP contribution in [0.4, 0.5) is 0 Å². The second kappa shape index (κ2) is 5.44. The van der Waals surface area contributed by atoms with Crippen molar-refractivity contribution in [3.05, 3.63) is 47.3 Å². The number of nitrogens with one attached hydrogen (secondary N) is 1. The lowest BCUT2D eigenvalue weighted by Crippen LogP contribution is -2.24. The number of furan rings is 2. The van der Waals surface area contributed by atoms with Gasteiger partial charge in [-0.15, -0.1) is 0 Å². The Balaban J connectivity index is 2.10. The third kappa shape index (κ3) is 2.67. The average Bonchev–Trinajstić information content (AvgIpc) is 2.95. The van der Waals surface area contributed by atoms with Gasteiger partial charge in [0.1, 0.15) is 17.3 Å². The molecule has 0 saturated carbocycles. The molecule has 0 aliphatic carbocycles. The van der Waals surface area contributed by atoms with Crippen molar-refractivity contribution in [2.75, 3.05) is 0 Å². The van der Waals surface area contributed by atoms with Gasteiger partial charge in [0.2, 0.25) is 0 Å². The molecule has 0 saturated heterocycles. The zero-order valence-corrected chi connectivity index (χ0v) is 11.5. The van der Waals surface area contributed by atoms with Gasteiger partial charge in [0.15, 0.2) is 0 Å². The van der Waals surface area contributed by atoms with Gasteiger partial charge in [-0.05, 0) is 45.4 Å². The highest BCUT2D eigenvalue weighted by molar-refractivity contribution is 5.24. The van der Waals surface area contributed by atoms with Gasteiger partial charge in [0.05, 0.1) is 12.3 Å². The van der Waals surface area contributed by atoms with Crippen molar-refractivity contribution in [3.8, 4) is 0 Å². The molecule has 2 rings (SSSR count). The molecule has 0 aromatic carbocycles. The predicted octanol–water partition coefficient (Wildman–Crippen LogP) is 4.29. The summed E-state index contributed by atoms with van der Waals surface area (Å²) in [7, 11) is 0. The first kappa shape index (κ1) is 13.0. The van der Waals surface area contributed by atoms with Gasteiger partial charge < -0.3 is 14.2 Å². The SMILES string of the molecule is CCC(NC(C)c1cc(C)oc1C)c1ccco1. The Labute approximate surface area is 108 Å². The van der Waals surface area contributed by atoms with Gasteiger partial charge in [-0.1, -0.05) is 6.92 Å². The number of hydrogen-bond donors (Lipinski definition) is 1. The van der Waals surface area contributed by atoms with Crippen molar-refractivity contribution >= 4 is 0 Å². The normalized spacial score (nSPS) is 14.7. The van der Waals surface area contributed by atoms with Gasteiger partial charge in [0, 0.05) is 11.6 Å². The fourth-order valence-electron chi connectivity index (χ4n) is 2.36. The Kier molecular flexibility index (Phi) is 3.92. The summed E-state index contributed by atoms with van der Waals surface area (Å²) in [4.78, 5) is 0. The first-order chi connectivity index (χ1) is 8.61. The molecule has 0 spiro atoms. The van der Waals surface area contributed by atoms with Crippen LogP contribution in [-0.4, -0.2) is 0 Å². The quantitative estimate of drug-likeness (QED) is 0.856. The van der Waals surface area contributed by atoms with E-state index in [9.17, 15) is 0 Å². The van der Waals surface area contributed by atoms with Crippen LogP contribution in [-0.2, 0) is 0 Å². The average molecular weight is 247 g/mol. The molecule has 0 aliphatic rings. The van der Waals surface area contributed by atoms with Crippen molar-refractivity contribution in [2.45, 2.75) is 46.2 Å². The zero-order valence-electron chi connectivity index (χ0n) is 11.5. The fourth-order valence-corrected chi connectivity index (χ4v) is 2.36. The Morgan fingerprint density at radius 3 is 2.61 bits per heavy atom. The maximum absolute atomic E-state index is 5.58. The second-order valence-electron chi connectivity index (χ2n) is 4.73. The molecule has 18 heavy (non-hydrogen) atoms. The van der Waals surface area contributed by atoms with E-state index >= 15 is 0 Å². The van der Waals surface area contributed by atoms with Crippen molar-refractivity contribution in [1.82, 2.24) is 5.32 Å². The fraction of sp³-hybridized carbons (Fsp3) is 0.467. The largest absolute Gasteiger partial charge is 0.468 e.